The number of rotatable bonds is 10. The van der Waals surface area contributed by atoms with E-state index in [0.717, 1.165) is 35.6 Å². The average Bonchev–Trinajstić information content (AvgIpc) is 3.21. The first-order valence-corrected chi connectivity index (χ1v) is 11.1. The summed E-state index contributed by atoms with van der Waals surface area (Å²) in [5, 5.41) is 0.667. The van der Waals surface area contributed by atoms with Gasteiger partial charge in [-0.3, -0.25) is 9.69 Å². The highest BCUT2D eigenvalue weighted by molar-refractivity contribution is 7.22. The lowest BCUT2D eigenvalue weighted by molar-refractivity contribution is 0.0981. The molecule has 7 heteroatoms. The van der Waals surface area contributed by atoms with Gasteiger partial charge in [-0.05, 0) is 44.3 Å². The standard InChI is InChI=1S/C23H29N3O3S/c1-5-25(6-2)15-16-26(22(27)17-11-8-9-12-18(17)28-4)23-24-21-19(29-7-3)13-10-14-20(21)30-23/h8-14H,5-7,15-16H2,1-4H3. The predicted molar refractivity (Wildman–Crippen MR) is 123 cm³/mol. The molecule has 6 nitrogen and oxygen atoms in total. The molecule has 0 aliphatic carbocycles. The van der Waals surface area contributed by atoms with Gasteiger partial charge in [-0.25, -0.2) is 4.98 Å². The number of thiazole rings is 1. The van der Waals surface area contributed by atoms with Gasteiger partial charge in [-0.2, -0.15) is 0 Å². The van der Waals surface area contributed by atoms with Gasteiger partial charge in [0.15, 0.2) is 5.13 Å². The van der Waals surface area contributed by atoms with Crippen molar-refractivity contribution in [1.82, 2.24) is 9.88 Å². The van der Waals surface area contributed by atoms with Crippen LogP contribution >= 0.6 is 11.3 Å². The van der Waals surface area contributed by atoms with Crippen LogP contribution in [0.4, 0.5) is 5.13 Å². The van der Waals surface area contributed by atoms with E-state index in [4.69, 9.17) is 14.5 Å². The van der Waals surface area contributed by atoms with Gasteiger partial charge < -0.3 is 14.4 Å². The first kappa shape index (κ1) is 22.1. The number of carbonyl (C=O) groups is 1. The van der Waals surface area contributed by atoms with Crippen molar-refractivity contribution in [3.63, 3.8) is 0 Å². The molecule has 0 aliphatic heterocycles. The fourth-order valence-electron chi connectivity index (χ4n) is 3.33. The quantitative estimate of drug-likeness (QED) is 0.470. The molecule has 0 saturated heterocycles. The molecule has 0 atom stereocenters. The molecule has 0 saturated carbocycles. The van der Waals surface area contributed by atoms with E-state index >= 15 is 0 Å². The number of ether oxygens (including phenoxy) is 2. The highest BCUT2D eigenvalue weighted by Crippen LogP contribution is 2.35. The molecule has 30 heavy (non-hydrogen) atoms. The number of likely N-dealkylation sites (N-methyl/N-ethyl adjacent to an activating group) is 1. The molecule has 0 aliphatic rings. The second-order valence-electron chi connectivity index (χ2n) is 6.72. The molecule has 0 bridgehead atoms. The minimum Gasteiger partial charge on any atom is -0.496 e. The van der Waals surface area contributed by atoms with Crippen LogP contribution in [-0.2, 0) is 0 Å². The van der Waals surface area contributed by atoms with Crippen LogP contribution in [0, 0.1) is 0 Å². The van der Waals surface area contributed by atoms with Crippen molar-refractivity contribution in [3.05, 3.63) is 48.0 Å². The molecule has 160 valence electrons. The van der Waals surface area contributed by atoms with Crippen molar-refractivity contribution in [2.24, 2.45) is 0 Å². The third-order valence-corrected chi connectivity index (χ3v) is 6.06. The minimum absolute atomic E-state index is 0.114. The molecule has 1 amide bonds. The van der Waals surface area contributed by atoms with E-state index in [1.165, 1.54) is 11.3 Å². The number of hydrogen-bond acceptors (Lipinski definition) is 6. The van der Waals surface area contributed by atoms with Crippen LogP contribution in [0.3, 0.4) is 0 Å². The summed E-state index contributed by atoms with van der Waals surface area (Å²) in [6.07, 6.45) is 0. The maximum atomic E-state index is 13.6. The Hall–Kier alpha value is -2.64. The van der Waals surface area contributed by atoms with E-state index in [2.05, 4.69) is 18.7 Å². The van der Waals surface area contributed by atoms with Gasteiger partial charge in [0.05, 0.1) is 24.0 Å². The molecule has 0 radical (unpaired) electrons. The Balaban J connectivity index is 2.02. The van der Waals surface area contributed by atoms with Crippen molar-refractivity contribution >= 4 is 32.6 Å². The number of amides is 1. The third-order valence-electron chi connectivity index (χ3n) is 5.02. The van der Waals surface area contributed by atoms with Crippen molar-refractivity contribution in [3.8, 4) is 11.5 Å². The summed E-state index contributed by atoms with van der Waals surface area (Å²) in [5.74, 6) is 1.19. The number of anilines is 1. The predicted octanol–water partition coefficient (Wildman–Crippen LogP) is 4.69. The Morgan fingerprint density at radius 1 is 1.00 bits per heavy atom. The number of fused-ring (bicyclic) bond motifs is 1. The van der Waals surface area contributed by atoms with Crippen LogP contribution in [-0.4, -0.2) is 55.7 Å². The zero-order valence-electron chi connectivity index (χ0n) is 18.1. The number of aromatic nitrogens is 1. The summed E-state index contributed by atoms with van der Waals surface area (Å²) in [6, 6.07) is 13.2. The highest BCUT2D eigenvalue weighted by Gasteiger charge is 2.25. The number of para-hydroxylation sites is 2. The largest absolute Gasteiger partial charge is 0.496 e. The molecule has 3 aromatic rings. The summed E-state index contributed by atoms with van der Waals surface area (Å²) in [7, 11) is 1.58. The summed E-state index contributed by atoms with van der Waals surface area (Å²) in [5.41, 5.74) is 1.32. The van der Waals surface area contributed by atoms with E-state index in [-0.39, 0.29) is 5.91 Å². The maximum Gasteiger partial charge on any atom is 0.263 e. The van der Waals surface area contributed by atoms with E-state index in [0.29, 0.717) is 29.6 Å². The third kappa shape index (κ3) is 4.74. The van der Waals surface area contributed by atoms with Crippen molar-refractivity contribution < 1.29 is 14.3 Å². The lowest BCUT2D eigenvalue weighted by Crippen LogP contribution is -2.39. The maximum absolute atomic E-state index is 13.6. The van der Waals surface area contributed by atoms with Crippen LogP contribution in [0.25, 0.3) is 10.2 Å². The Labute approximate surface area is 182 Å². The molecule has 0 N–H and O–H groups in total. The van der Waals surface area contributed by atoms with Gasteiger partial charge in [0.2, 0.25) is 0 Å². The van der Waals surface area contributed by atoms with Gasteiger partial charge in [-0.1, -0.05) is 43.4 Å². The second-order valence-corrected chi connectivity index (χ2v) is 7.73. The van der Waals surface area contributed by atoms with Crippen LogP contribution in [0.1, 0.15) is 31.1 Å². The van der Waals surface area contributed by atoms with E-state index in [9.17, 15) is 4.79 Å². The first-order chi connectivity index (χ1) is 14.6. The number of hydrogen-bond donors (Lipinski definition) is 0. The zero-order chi connectivity index (χ0) is 21.5. The summed E-state index contributed by atoms with van der Waals surface area (Å²) >= 11 is 1.50. The minimum atomic E-state index is -0.114. The number of methoxy groups -OCH3 is 1. The summed E-state index contributed by atoms with van der Waals surface area (Å²) in [4.78, 5) is 22.4. The number of carbonyl (C=O) groups excluding carboxylic acids is 1. The van der Waals surface area contributed by atoms with Gasteiger partial charge in [0.25, 0.3) is 5.91 Å². The second kappa shape index (κ2) is 10.4. The van der Waals surface area contributed by atoms with E-state index in [1.807, 2.05) is 37.3 Å². The lowest BCUT2D eigenvalue weighted by atomic mass is 10.1. The number of benzene rings is 2. The van der Waals surface area contributed by atoms with Crippen LogP contribution < -0.4 is 14.4 Å². The van der Waals surface area contributed by atoms with Crippen LogP contribution in [0.15, 0.2) is 42.5 Å². The first-order valence-electron chi connectivity index (χ1n) is 10.3. The lowest BCUT2D eigenvalue weighted by Gasteiger charge is -2.25. The monoisotopic (exact) mass is 427 g/mol. The molecule has 0 fully saturated rings. The Bertz CT molecular complexity index is 985. The van der Waals surface area contributed by atoms with Crippen LogP contribution in [0.5, 0.6) is 11.5 Å². The van der Waals surface area contributed by atoms with Crippen molar-refractivity contribution in [1.29, 1.82) is 0 Å². The molecule has 0 spiro atoms. The van der Waals surface area contributed by atoms with Crippen LogP contribution in [0.2, 0.25) is 0 Å². The Kier molecular flexibility index (Phi) is 7.65. The molecule has 0 unspecified atom stereocenters. The molecule has 2 aromatic carbocycles. The number of nitrogens with zero attached hydrogens (tertiary/aromatic N) is 3. The van der Waals surface area contributed by atoms with E-state index < -0.39 is 0 Å². The highest BCUT2D eigenvalue weighted by atomic mass is 32.1. The smallest absolute Gasteiger partial charge is 0.263 e. The molecular weight excluding hydrogens is 398 g/mol. The van der Waals surface area contributed by atoms with Gasteiger partial charge in [-0.15, -0.1) is 0 Å². The molecular formula is C23H29N3O3S. The van der Waals surface area contributed by atoms with Crippen molar-refractivity contribution in [2.75, 3.05) is 44.8 Å². The van der Waals surface area contributed by atoms with Gasteiger partial charge in [0, 0.05) is 13.1 Å². The Morgan fingerprint density at radius 2 is 1.73 bits per heavy atom. The van der Waals surface area contributed by atoms with Gasteiger partial charge in [0.1, 0.15) is 17.0 Å². The fourth-order valence-corrected chi connectivity index (χ4v) is 4.34. The average molecular weight is 428 g/mol. The topological polar surface area (TPSA) is 54.9 Å². The zero-order valence-corrected chi connectivity index (χ0v) is 18.9. The molecule has 3 rings (SSSR count). The summed E-state index contributed by atoms with van der Waals surface area (Å²) < 4.78 is 12.2. The SMILES string of the molecule is CCOc1cccc2sc(N(CCN(CC)CC)C(=O)c3ccccc3OC)nc12. The van der Waals surface area contributed by atoms with Gasteiger partial charge >= 0.3 is 0 Å². The van der Waals surface area contributed by atoms with Crippen molar-refractivity contribution in [2.45, 2.75) is 20.8 Å². The Morgan fingerprint density at radius 3 is 2.43 bits per heavy atom. The normalized spacial score (nSPS) is 11.1. The fraction of sp³-hybridized carbons (Fsp3) is 0.391. The molecule has 1 heterocycles. The molecule has 1 aromatic heterocycles. The summed E-state index contributed by atoms with van der Waals surface area (Å²) in [6.45, 7) is 9.95. The van der Waals surface area contributed by atoms with E-state index in [1.54, 1.807) is 24.1 Å².